The van der Waals surface area contributed by atoms with Crippen molar-refractivity contribution < 1.29 is 13.9 Å². The minimum absolute atomic E-state index is 0.0450. The van der Waals surface area contributed by atoms with E-state index in [4.69, 9.17) is 9.15 Å². The van der Waals surface area contributed by atoms with Gasteiger partial charge >= 0.3 is 0 Å². The van der Waals surface area contributed by atoms with Crippen molar-refractivity contribution in [3.8, 4) is 0 Å². The van der Waals surface area contributed by atoms with Crippen LogP contribution in [-0.4, -0.2) is 40.8 Å². The molecule has 22 heavy (non-hydrogen) atoms. The third-order valence-electron chi connectivity index (χ3n) is 4.17. The van der Waals surface area contributed by atoms with Crippen molar-refractivity contribution in [3.05, 3.63) is 33.2 Å². The van der Waals surface area contributed by atoms with Crippen molar-refractivity contribution >= 4 is 17.2 Å². The number of amides is 1. The molecule has 1 atom stereocenters. The largest absolute Gasteiger partial charge is 0.423 e. The van der Waals surface area contributed by atoms with Gasteiger partial charge in [-0.15, -0.1) is 21.5 Å². The third-order valence-corrected chi connectivity index (χ3v) is 5.40. The van der Waals surface area contributed by atoms with Crippen LogP contribution in [-0.2, 0) is 17.6 Å². The van der Waals surface area contributed by atoms with Gasteiger partial charge in [-0.05, 0) is 30.9 Å². The average molecular weight is 319 g/mol. The van der Waals surface area contributed by atoms with E-state index in [2.05, 4.69) is 16.3 Å². The molecule has 1 saturated heterocycles. The maximum Gasteiger partial charge on any atom is 0.264 e. The van der Waals surface area contributed by atoms with Crippen molar-refractivity contribution in [2.75, 3.05) is 19.8 Å². The first kappa shape index (κ1) is 13.9. The molecule has 116 valence electrons. The number of hydrogen-bond donors (Lipinski definition) is 0. The molecule has 3 heterocycles. The second-order valence-corrected chi connectivity index (χ2v) is 6.80. The zero-order valence-electron chi connectivity index (χ0n) is 12.4. The van der Waals surface area contributed by atoms with Gasteiger partial charge in [0.25, 0.3) is 5.91 Å². The van der Waals surface area contributed by atoms with Crippen LogP contribution in [0.2, 0.25) is 0 Å². The molecule has 0 spiro atoms. The van der Waals surface area contributed by atoms with Gasteiger partial charge in [0, 0.05) is 18.3 Å². The first-order valence-corrected chi connectivity index (χ1v) is 8.34. The van der Waals surface area contributed by atoms with Crippen LogP contribution in [0.15, 0.2) is 10.5 Å². The summed E-state index contributed by atoms with van der Waals surface area (Å²) in [7, 11) is 0. The molecule has 0 radical (unpaired) electrons. The Hall–Kier alpha value is -1.73. The Morgan fingerprint density at radius 1 is 1.41 bits per heavy atom. The van der Waals surface area contributed by atoms with Crippen LogP contribution < -0.4 is 0 Å². The van der Waals surface area contributed by atoms with Crippen LogP contribution in [0.1, 0.15) is 44.4 Å². The van der Waals surface area contributed by atoms with Gasteiger partial charge in [-0.1, -0.05) is 0 Å². The molecule has 1 fully saturated rings. The summed E-state index contributed by atoms with van der Waals surface area (Å²) >= 11 is 1.63. The van der Waals surface area contributed by atoms with Crippen molar-refractivity contribution in [1.82, 2.24) is 15.1 Å². The SMILES string of the molecule is Cc1nnc([C@H]2COCCN2C(=O)c2cc3c(s2)CCC3)o1. The van der Waals surface area contributed by atoms with Crippen LogP contribution in [0.4, 0.5) is 0 Å². The summed E-state index contributed by atoms with van der Waals surface area (Å²) in [6.07, 6.45) is 3.40. The summed E-state index contributed by atoms with van der Waals surface area (Å²) < 4.78 is 11.0. The highest BCUT2D eigenvalue weighted by Gasteiger charge is 2.34. The fourth-order valence-electron chi connectivity index (χ4n) is 3.07. The molecule has 1 aliphatic heterocycles. The highest BCUT2D eigenvalue weighted by molar-refractivity contribution is 7.14. The highest BCUT2D eigenvalue weighted by Crippen LogP contribution is 2.33. The molecule has 6 nitrogen and oxygen atoms in total. The Morgan fingerprint density at radius 3 is 3.09 bits per heavy atom. The van der Waals surface area contributed by atoms with Crippen molar-refractivity contribution in [3.63, 3.8) is 0 Å². The van der Waals surface area contributed by atoms with E-state index in [1.54, 1.807) is 23.2 Å². The molecular weight excluding hydrogens is 302 g/mol. The molecule has 0 N–H and O–H groups in total. The summed E-state index contributed by atoms with van der Waals surface area (Å²) in [4.78, 5) is 16.9. The molecule has 2 aliphatic rings. The van der Waals surface area contributed by atoms with Gasteiger partial charge in [-0.3, -0.25) is 4.79 Å². The zero-order chi connectivity index (χ0) is 15.1. The van der Waals surface area contributed by atoms with Gasteiger partial charge in [0.15, 0.2) is 0 Å². The Bertz CT molecular complexity index is 687. The number of fused-ring (bicyclic) bond motifs is 1. The first-order valence-electron chi connectivity index (χ1n) is 7.52. The predicted molar refractivity (Wildman–Crippen MR) is 80.0 cm³/mol. The lowest BCUT2D eigenvalue weighted by Gasteiger charge is -2.33. The van der Waals surface area contributed by atoms with Gasteiger partial charge in [-0.25, -0.2) is 0 Å². The molecule has 2 aromatic heterocycles. The Labute approximate surface area is 132 Å². The summed E-state index contributed by atoms with van der Waals surface area (Å²) in [5.74, 6) is 1.00. The molecule has 0 aromatic carbocycles. The maximum absolute atomic E-state index is 12.9. The van der Waals surface area contributed by atoms with Gasteiger partial charge < -0.3 is 14.1 Å². The number of morpholine rings is 1. The number of carbonyl (C=O) groups is 1. The van der Waals surface area contributed by atoms with Gasteiger partial charge in [0.05, 0.1) is 18.1 Å². The lowest BCUT2D eigenvalue weighted by atomic mass is 10.2. The lowest BCUT2D eigenvalue weighted by Crippen LogP contribution is -2.43. The number of rotatable bonds is 2. The molecular formula is C15H17N3O3S. The topological polar surface area (TPSA) is 68.5 Å². The number of thiophene rings is 1. The zero-order valence-corrected chi connectivity index (χ0v) is 13.2. The number of nitrogens with zero attached hydrogens (tertiary/aromatic N) is 3. The van der Waals surface area contributed by atoms with Crippen molar-refractivity contribution in [2.24, 2.45) is 0 Å². The number of aryl methyl sites for hydroxylation is 3. The normalized spacial score (nSPS) is 21.1. The minimum atomic E-state index is -0.292. The monoisotopic (exact) mass is 319 g/mol. The van der Waals surface area contributed by atoms with E-state index in [1.165, 1.54) is 16.9 Å². The Morgan fingerprint density at radius 2 is 2.32 bits per heavy atom. The number of carbonyl (C=O) groups excluding carboxylic acids is 1. The molecule has 4 rings (SSSR count). The summed E-state index contributed by atoms with van der Waals surface area (Å²) in [6, 6.07) is 1.76. The van der Waals surface area contributed by atoms with E-state index in [-0.39, 0.29) is 11.9 Å². The number of aromatic nitrogens is 2. The standard InChI is InChI=1S/C15H17N3O3S/c1-9-16-17-14(21-9)11-8-20-6-5-18(11)15(19)13-7-10-3-2-4-12(10)22-13/h7,11H,2-6,8H2,1H3/t11-/m1/s1. The van der Waals surface area contributed by atoms with Crippen molar-refractivity contribution in [1.29, 1.82) is 0 Å². The molecule has 7 heteroatoms. The Balaban J connectivity index is 1.61. The van der Waals surface area contributed by atoms with E-state index in [9.17, 15) is 4.79 Å². The molecule has 1 amide bonds. The maximum atomic E-state index is 12.9. The van der Waals surface area contributed by atoms with E-state index in [1.807, 2.05) is 0 Å². The van der Waals surface area contributed by atoms with Gasteiger partial charge in [0.1, 0.15) is 6.04 Å². The second-order valence-electron chi connectivity index (χ2n) is 5.66. The fourth-order valence-corrected chi connectivity index (χ4v) is 4.28. The minimum Gasteiger partial charge on any atom is -0.423 e. The summed E-state index contributed by atoms with van der Waals surface area (Å²) in [5, 5.41) is 7.92. The molecule has 2 aromatic rings. The summed E-state index contributed by atoms with van der Waals surface area (Å²) in [5.41, 5.74) is 1.34. The van der Waals surface area contributed by atoms with Crippen LogP contribution in [0.3, 0.4) is 0 Å². The van der Waals surface area contributed by atoms with Crippen LogP contribution in [0.5, 0.6) is 0 Å². The predicted octanol–water partition coefficient (Wildman–Crippen LogP) is 2.14. The number of ether oxygens (including phenoxy) is 1. The van der Waals surface area contributed by atoms with Crippen molar-refractivity contribution in [2.45, 2.75) is 32.2 Å². The molecule has 0 saturated carbocycles. The number of hydrogen-bond acceptors (Lipinski definition) is 6. The molecule has 1 aliphatic carbocycles. The van der Waals surface area contributed by atoms with E-state index >= 15 is 0 Å². The van der Waals surface area contributed by atoms with E-state index < -0.39 is 0 Å². The molecule has 0 bridgehead atoms. The fraction of sp³-hybridized carbons (Fsp3) is 0.533. The van der Waals surface area contributed by atoms with E-state index in [0.717, 1.165) is 17.7 Å². The summed E-state index contributed by atoms with van der Waals surface area (Å²) in [6.45, 7) is 3.24. The van der Waals surface area contributed by atoms with Crippen LogP contribution in [0.25, 0.3) is 0 Å². The Kier molecular flexibility index (Phi) is 3.46. The van der Waals surface area contributed by atoms with Crippen LogP contribution in [0, 0.1) is 6.92 Å². The molecule has 0 unspecified atom stereocenters. The van der Waals surface area contributed by atoms with Gasteiger partial charge in [-0.2, -0.15) is 0 Å². The average Bonchev–Trinajstić information content (AvgIpc) is 3.21. The van der Waals surface area contributed by atoms with Gasteiger partial charge in [0.2, 0.25) is 11.8 Å². The van der Waals surface area contributed by atoms with Crippen LogP contribution >= 0.6 is 11.3 Å². The second kappa shape index (κ2) is 5.48. The van der Waals surface area contributed by atoms with E-state index in [0.29, 0.717) is 31.5 Å². The third kappa shape index (κ3) is 2.34. The first-order chi connectivity index (χ1) is 10.7. The quantitative estimate of drug-likeness (QED) is 0.848. The smallest absolute Gasteiger partial charge is 0.264 e. The highest BCUT2D eigenvalue weighted by atomic mass is 32.1. The lowest BCUT2D eigenvalue weighted by molar-refractivity contribution is -0.0104.